The lowest BCUT2D eigenvalue weighted by Crippen LogP contribution is -2.17. The molecule has 2 aromatic carbocycles. The van der Waals surface area contributed by atoms with Gasteiger partial charge in [0.25, 0.3) is 5.91 Å². The smallest absolute Gasteiger partial charge is 0.250 e. The molecule has 2 aromatic heterocycles. The van der Waals surface area contributed by atoms with Crippen LogP contribution in [0.5, 0.6) is 0 Å². The minimum absolute atomic E-state index is 0.190. The number of hydrogen-bond donors (Lipinski definition) is 3. The van der Waals surface area contributed by atoms with Gasteiger partial charge in [-0.3, -0.25) is 14.4 Å². The van der Waals surface area contributed by atoms with Crippen molar-refractivity contribution < 1.29 is 14.4 Å². The average molecular weight is 549 g/mol. The third-order valence-electron chi connectivity index (χ3n) is 7.66. The van der Waals surface area contributed by atoms with Crippen LogP contribution in [0, 0.1) is 11.3 Å². The Morgan fingerprint density at radius 2 is 1.24 bits per heavy atom. The van der Waals surface area contributed by atoms with Crippen LogP contribution in [0.2, 0.25) is 0 Å². The Kier molecular flexibility index (Phi) is 7.74. The van der Waals surface area contributed by atoms with Gasteiger partial charge in [-0.05, 0) is 61.4 Å². The van der Waals surface area contributed by atoms with Gasteiger partial charge >= 0.3 is 0 Å². The molecule has 0 spiro atoms. The molecule has 4 aromatic rings. The number of amides is 1. The Bertz CT molecular complexity index is 1700. The molecule has 4 heterocycles. The number of nitriles is 1. The molecule has 9 nitrogen and oxygen atoms in total. The van der Waals surface area contributed by atoms with Gasteiger partial charge in [-0.25, -0.2) is 0 Å². The van der Waals surface area contributed by atoms with Gasteiger partial charge in [0.2, 0.25) is 0 Å². The summed E-state index contributed by atoms with van der Waals surface area (Å²) in [5.41, 5.74) is 13.5. The number of carbonyl (C=O) groups is 3. The number of nitrogens with zero attached hydrogens (tertiary/aromatic N) is 3. The van der Waals surface area contributed by atoms with Crippen molar-refractivity contribution in [1.29, 1.82) is 5.26 Å². The minimum Gasteiger partial charge on any atom is -0.387 e. The second-order valence-electron chi connectivity index (χ2n) is 10.1. The van der Waals surface area contributed by atoms with Gasteiger partial charge in [0.05, 0.1) is 28.2 Å². The van der Waals surface area contributed by atoms with Gasteiger partial charge in [-0.15, -0.1) is 0 Å². The summed E-state index contributed by atoms with van der Waals surface area (Å²) in [6.45, 7) is 1.72. The zero-order valence-electron chi connectivity index (χ0n) is 23.2. The first-order valence-corrected chi connectivity index (χ1v) is 13.7. The Hall–Kier alpha value is -5.10. The van der Waals surface area contributed by atoms with Gasteiger partial charge in [-0.2, -0.15) is 5.26 Å². The molecule has 41 heavy (non-hydrogen) atoms. The fraction of sp³-hybridized carbons (Fsp3) is 0.250. The summed E-state index contributed by atoms with van der Waals surface area (Å²) in [6, 6.07) is 21.0. The van der Waals surface area contributed by atoms with Crippen molar-refractivity contribution in [3.8, 4) is 28.6 Å². The first kappa shape index (κ1) is 27.5. The molecule has 0 saturated carbocycles. The lowest BCUT2D eigenvalue weighted by atomic mass is 10.1. The van der Waals surface area contributed by atoms with E-state index in [1.807, 2.05) is 59.2 Å². The van der Waals surface area contributed by atoms with E-state index >= 15 is 0 Å². The van der Waals surface area contributed by atoms with Gasteiger partial charge in [0.1, 0.15) is 6.07 Å². The Morgan fingerprint density at radius 1 is 0.756 bits per heavy atom. The number of nitrogens with two attached hydrogens (primary N) is 1. The Morgan fingerprint density at radius 3 is 1.73 bits per heavy atom. The van der Waals surface area contributed by atoms with E-state index < -0.39 is 5.91 Å². The van der Waals surface area contributed by atoms with Crippen LogP contribution in [-0.4, -0.2) is 40.7 Å². The molecule has 1 amide bonds. The molecule has 0 fully saturated rings. The van der Waals surface area contributed by atoms with Crippen molar-refractivity contribution >= 4 is 28.8 Å². The maximum Gasteiger partial charge on any atom is 0.250 e. The summed E-state index contributed by atoms with van der Waals surface area (Å²) in [4.78, 5) is 35.2. The van der Waals surface area contributed by atoms with E-state index in [1.165, 1.54) is 0 Å². The molecule has 9 heteroatoms. The van der Waals surface area contributed by atoms with Crippen LogP contribution in [0.15, 0.2) is 60.7 Å². The minimum atomic E-state index is -0.460. The predicted molar refractivity (Wildman–Crippen MR) is 159 cm³/mol. The van der Waals surface area contributed by atoms with E-state index in [0.29, 0.717) is 29.7 Å². The molecule has 0 radical (unpaired) electrons. The lowest BCUT2D eigenvalue weighted by Gasteiger charge is -2.18. The number of rotatable bonds is 5. The maximum atomic E-state index is 11.9. The standard InChI is InChI=1S/C16H17N3O2.C16H15N3O/c1-18-12-9-10(4-5-11(12)16(17)21)13-6-7-14-15(20)3-2-8-19(13)14;1-18-13-9-11(4-5-12(13)10-17)14-6-7-15-16(20)3-2-8-19(14)15/h4-7,9,18H,2-3,8H2,1H3,(H2,17,21);4-7,9,18H,2-3,8H2,1H3. The molecule has 0 atom stereocenters. The van der Waals surface area contributed by atoms with Gasteiger partial charge in [0, 0.05) is 68.2 Å². The second-order valence-corrected chi connectivity index (χ2v) is 10.1. The highest BCUT2D eigenvalue weighted by Gasteiger charge is 2.22. The van der Waals surface area contributed by atoms with Crippen LogP contribution in [0.3, 0.4) is 0 Å². The van der Waals surface area contributed by atoms with Crippen LogP contribution in [0.1, 0.15) is 62.6 Å². The maximum absolute atomic E-state index is 11.9. The SMILES string of the molecule is CNc1cc(-c2ccc3n2CCCC3=O)ccc1C#N.CNc1cc(-c2ccc3n2CCCC3=O)ccc1C(N)=O. The van der Waals surface area contributed by atoms with Crippen molar-refractivity contribution in [1.82, 2.24) is 9.13 Å². The van der Waals surface area contributed by atoms with E-state index in [-0.39, 0.29) is 11.6 Å². The lowest BCUT2D eigenvalue weighted by molar-refractivity contribution is 0.0947. The van der Waals surface area contributed by atoms with E-state index in [0.717, 1.165) is 65.5 Å². The van der Waals surface area contributed by atoms with E-state index in [2.05, 4.69) is 21.3 Å². The third-order valence-corrected chi connectivity index (χ3v) is 7.66. The van der Waals surface area contributed by atoms with Gasteiger partial charge < -0.3 is 25.5 Å². The fourth-order valence-electron chi connectivity index (χ4n) is 5.59. The van der Waals surface area contributed by atoms with Crippen LogP contribution in [0.4, 0.5) is 11.4 Å². The van der Waals surface area contributed by atoms with Crippen LogP contribution in [-0.2, 0) is 13.1 Å². The highest BCUT2D eigenvalue weighted by atomic mass is 16.1. The number of nitrogens with one attached hydrogen (secondary N) is 2. The monoisotopic (exact) mass is 548 g/mol. The zero-order valence-corrected chi connectivity index (χ0v) is 23.2. The normalized spacial score (nSPS) is 13.8. The molecule has 0 bridgehead atoms. The summed E-state index contributed by atoms with van der Waals surface area (Å²) < 4.78 is 4.12. The van der Waals surface area contributed by atoms with Crippen molar-refractivity contribution in [2.45, 2.75) is 38.8 Å². The molecular formula is C32H32N6O3. The number of primary amides is 1. The average Bonchev–Trinajstić information content (AvgIpc) is 3.63. The molecule has 0 saturated heterocycles. The summed E-state index contributed by atoms with van der Waals surface area (Å²) in [5, 5.41) is 15.1. The van der Waals surface area contributed by atoms with E-state index in [4.69, 9.17) is 11.0 Å². The van der Waals surface area contributed by atoms with Gasteiger partial charge in [-0.1, -0.05) is 12.1 Å². The van der Waals surface area contributed by atoms with Gasteiger partial charge in [0.15, 0.2) is 11.6 Å². The second kappa shape index (κ2) is 11.6. The van der Waals surface area contributed by atoms with Crippen LogP contribution in [0.25, 0.3) is 22.5 Å². The Labute approximate surface area is 238 Å². The molecule has 0 unspecified atom stereocenters. The van der Waals surface area contributed by atoms with E-state index in [1.54, 1.807) is 20.2 Å². The highest BCUT2D eigenvalue weighted by molar-refractivity contribution is 6.00. The first-order valence-electron chi connectivity index (χ1n) is 13.7. The zero-order chi connectivity index (χ0) is 29.1. The van der Waals surface area contributed by atoms with Crippen molar-refractivity contribution in [2.24, 2.45) is 5.73 Å². The number of fused-ring (bicyclic) bond motifs is 2. The van der Waals surface area contributed by atoms with E-state index in [9.17, 15) is 14.4 Å². The molecule has 2 aliphatic rings. The summed E-state index contributed by atoms with van der Waals surface area (Å²) >= 11 is 0. The third kappa shape index (κ3) is 5.24. The summed E-state index contributed by atoms with van der Waals surface area (Å²) in [7, 11) is 3.56. The van der Waals surface area contributed by atoms with Crippen molar-refractivity contribution in [2.75, 3.05) is 24.7 Å². The largest absolute Gasteiger partial charge is 0.387 e. The summed E-state index contributed by atoms with van der Waals surface area (Å²) in [6.07, 6.45) is 3.01. The predicted octanol–water partition coefficient (Wildman–Crippen LogP) is 5.32. The topological polar surface area (TPSA) is 135 Å². The molecular weight excluding hydrogens is 516 g/mol. The highest BCUT2D eigenvalue weighted by Crippen LogP contribution is 2.31. The van der Waals surface area contributed by atoms with Crippen LogP contribution >= 0.6 is 0 Å². The number of hydrogen-bond acceptors (Lipinski definition) is 6. The molecule has 6 rings (SSSR count). The molecule has 0 aliphatic carbocycles. The molecule has 208 valence electrons. The number of aromatic nitrogens is 2. The van der Waals surface area contributed by atoms with Crippen molar-refractivity contribution in [3.63, 3.8) is 0 Å². The first-order chi connectivity index (χ1) is 19.9. The quantitative estimate of drug-likeness (QED) is 0.309. The fourth-order valence-corrected chi connectivity index (χ4v) is 5.59. The number of ketones is 2. The number of Topliss-reactive ketones (excluding diaryl/α,β-unsaturated/α-hetero) is 2. The molecule has 4 N–H and O–H groups in total. The van der Waals surface area contributed by atoms with Crippen LogP contribution < -0.4 is 16.4 Å². The molecule has 2 aliphatic heterocycles. The van der Waals surface area contributed by atoms with Crippen molar-refractivity contribution in [3.05, 3.63) is 83.2 Å². The summed E-state index contributed by atoms with van der Waals surface area (Å²) in [5.74, 6) is -0.0571. The number of carbonyl (C=O) groups excluding carboxylic acids is 3. The number of benzene rings is 2. The Balaban J connectivity index is 0.000000165. The number of anilines is 2.